The third kappa shape index (κ3) is 4.92. The summed E-state index contributed by atoms with van der Waals surface area (Å²) in [5.41, 5.74) is 0.866. The van der Waals surface area contributed by atoms with Crippen LogP contribution in [0.4, 0.5) is 0 Å². The molecule has 2 atom stereocenters. The van der Waals surface area contributed by atoms with Gasteiger partial charge in [0.1, 0.15) is 0 Å². The highest BCUT2D eigenvalue weighted by Crippen LogP contribution is 2.19. The van der Waals surface area contributed by atoms with Crippen molar-refractivity contribution in [3.8, 4) is 0 Å². The van der Waals surface area contributed by atoms with Gasteiger partial charge in [0, 0.05) is 10.5 Å². The first-order valence-electron chi connectivity index (χ1n) is 5.90. The van der Waals surface area contributed by atoms with Crippen molar-refractivity contribution < 1.29 is 5.11 Å². The van der Waals surface area contributed by atoms with E-state index in [9.17, 15) is 5.11 Å². The molecule has 1 rings (SSSR count). The van der Waals surface area contributed by atoms with Crippen LogP contribution >= 0.6 is 28.1 Å². The molecule has 0 heterocycles. The first-order chi connectivity index (χ1) is 8.40. The van der Waals surface area contributed by atoms with E-state index in [4.69, 9.17) is 12.2 Å². The Morgan fingerprint density at radius 1 is 1.17 bits per heavy atom. The second-order valence-corrected chi connectivity index (χ2v) is 5.88. The van der Waals surface area contributed by atoms with Crippen molar-refractivity contribution in [1.82, 2.24) is 10.6 Å². The molecule has 3 nitrogen and oxygen atoms in total. The van der Waals surface area contributed by atoms with Gasteiger partial charge in [0.2, 0.25) is 0 Å². The molecule has 0 aliphatic carbocycles. The van der Waals surface area contributed by atoms with E-state index >= 15 is 0 Å². The van der Waals surface area contributed by atoms with Crippen LogP contribution in [-0.2, 0) is 0 Å². The lowest BCUT2D eigenvalue weighted by molar-refractivity contribution is 0.145. The average Bonchev–Trinajstić information content (AvgIpc) is 2.27. The maximum absolute atomic E-state index is 10.2. The van der Waals surface area contributed by atoms with E-state index < -0.39 is 6.10 Å². The SMILES string of the molecule is CC(C)NC(=S)N[C@@H](C)[C@H](O)c1ccc(Br)cc1. The van der Waals surface area contributed by atoms with Crippen LogP contribution in [0.15, 0.2) is 28.7 Å². The highest BCUT2D eigenvalue weighted by molar-refractivity contribution is 9.10. The number of benzene rings is 1. The molecule has 0 spiro atoms. The molecule has 5 heteroatoms. The van der Waals surface area contributed by atoms with Gasteiger partial charge < -0.3 is 15.7 Å². The molecule has 0 aromatic heterocycles. The number of rotatable bonds is 4. The summed E-state index contributed by atoms with van der Waals surface area (Å²) in [4.78, 5) is 0. The highest BCUT2D eigenvalue weighted by Gasteiger charge is 2.17. The molecule has 0 radical (unpaired) electrons. The minimum Gasteiger partial charge on any atom is -0.386 e. The second-order valence-electron chi connectivity index (χ2n) is 4.56. The molecule has 100 valence electrons. The van der Waals surface area contributed by atoms with E-state index in [1.807, 2.05) is 45.0 Å². The molecule has 0 unspecified atom stereocenters. The summed E-state index contributed by atoms with van der Waals surface area (Å²) in [5, 5.41) is 16.9. The normalized spacial score (nSPS) is 14.1. The van der Waals surface area contributed by atoms with Crippen LogP contribution in [0.3, 0.4) is 0 Å². The Morgan fingerprint density at radius 2 is 1.72 bits per heavy atom. The number of hydrogen-bond acceptors (Lipinski definition) is 2. The van der Waals surface area contributed by atoms with Crippen LogP contribution < -0.4 is 10.6 Å². The molecule has 0 aliphatic rings. The third-order valence-corrected chi connectivity index (χ3v) is 3.23. The predicted molar refractivity (Wildman–Crippen MR) is 82.6 cm³/mol. The molecule has 1 aromatic rings. The van der Waals surface area contributed by atoms with Crippen molar-refractivity contribution >= 4 is 33.3 Å². The number of thiocarbonyl (C=S) groups is 1. The quantitative estimate of drug-likeness (QED) is 0.743. The van der Waals surface area contributed by atoms with Crippen molar-refractivity contribution in [2.45, 2.75) is 39.0 Å². The van der Waals surface area contributed by atoms with E-state index in [2.05, 4.69) is 26.6 Å². The Morgan fingerprint density at radius 3 is 2.22 bits per heavy atom. The second kappa shape index (κ2) is 7.07. The summed E-state index contributed by atoms with van der Waals surface area (Å²) in [6.07, 6.45) is -0.593. The summed E-state index contributed by atoms with van der Waals surface area (Å²) >= 11 is 8.53. The maximum atomic E-state index is 10.2. The minimum atomic E-state index is -0.593. The molecular formula is C13H19BrN2OS. The van der Waals surface area contributed by atoms with Crippen molar-refractivity contribution in [1.29, 1.82) is 0 Å². The molecule has 0 aliphatic heterocycles. The van der Waals surface area contributed by atoms with Crippen LogP contribution in [0.5, 0.6) is 0 Å². The van der Waals surface area contributed by atoms with Gasteiger partial charge in [-0.15, -0.1) is 0 Å². The lowest BCUT2D eigenvalue weighted by atomic mass is 10.0. The molecule has 0 saturated carbocycles. The van der Waals surface area contributed by atoms with E-state index in [-0.39, 0.29) is 12.1 Å². The smallest absolute Gasteiger partial charge is 0.166 e. The Hall–Kier alpha value is -0.650. The summed E-state index contributed by atoms with van der Waals surface area (Å²) in [7, 11) is 0. The van der Waals surface area contributed by atoms with Gasteiger partial charge in [-0.2, -0.15) is 0 Å². The predicted octanol–water partition coefficient (Wildman–Crippen LogP) is 2.74. The first kappa shape index (κ1) is 15.4. The average molecular weight is 331 g/mol. The third-order valence-electron chi connectivity index (χ3n) is 2.46. The minimum absolute atomic E-state index is 0.148. The fourth-order valence-corrected chi connectivity index (χ4v) is 2.22. The van der Waals surface area contributed by atoms with Gasteiger partial charge in [0.05, 0.1) is 12.1 Å². The summed E-state index contributed by atoms with van der Waals surface area (Å²) in [5.74, 6) is 0. The van der Waals surface area contributed by atoms with Gasteiger partial charge in [-0.05, 0) is 50.7 Å². The summed E-state index contributed by atoms with van der Waals surface area (Å²) in [6, 6.07) is 7.75. The molecule has 0 fully saturated rings. The van der Waals surface area contributed by atoms with Crippen molar-refractivity contribution in [3.05, 3.63) is 34.3 Å². The van der Waals surface area contributed by atoms with Gasteiger partial charge in [-0.25, -0.2) is 0 Å². The van der Waals surface area contributed by atoms with Crippen molar-refractivity contribution in [2.75, 3.05) is 0 Å². The van der Waals surface area contributed by atoms with Crippen LogP contribution in [0.1, 0.15) is 32.4 Å². The van der Waals surface area contributed by atoms with E-state index in [1.54, 1.807) is 0 Å². The topological polar surface area (TPSA) is 44.3 Å². The van der Waals surface area contributed by atoms with Gasteiger partial charge in [0.15, 0.2) is 5.11 Å². The molecule has 18 heavy (non-hydrogen) atoms. The standard InChI is InChI=1S/C13H19BrN2OS/c1-8(2)15-13(18)16-9(3)12(17)10-4-6-11(14)7-5-10/h4-9,12,17H,1-3H3,(H2,15,16,18)/t9-,12-/m0/s1. The molecular weight excluding hydrogens is 312 g/mol. The molecule has 0 amide bonds. The Bertz CT molecular complexity index is 394. The lowest BCUT2D eigenvalue weighted by Crippen LogP contribution is -2.45. The monoisotopic (exact) mass is 330 g/mol. The number of aliphatic hydroxyl groups is 1. The lowest BCUT2D eigenvalue weighted by Gasteiger charge is -2.23. The van der Waals surface area contributed by atoms with Crippen LogP contribution in [0.25, 0.3) is 0 Å². The van der Waals surface area contributed by atoms with Gasteiger partial charge >= 0.3 is 0 Å². The fourth-order valence-electron chi connectivity index (χ4n) is 1.54. The molecule has 1 aromatic carbocycles. The van der Waals surface area contributed by atoms with E-state index in [1.165, 1.54) is 0 Å². The van der Waals surface area contributed by atoms with Crippen LogP contribution in [0, 0.1) is 0 Å². The van der Waals surface area contributed by atoms with E-state index in [0.717, 1.165) is 10.0 Å². The maximum Gasteiger partial charge on any atom is 0.166 e. The van der Waals surface area contributed by atoms with Gasteiger partial charge in [-0.3, -0.25) is 0 Å². The Labute approximate surface area is 122 Å². The number of halogens is 1. The van der Waals surface area contributed by atoms with Gasteiger partial charge in [-0.1, -0.05) is 28.1 Å². The number of nitrogens with one attached hydrogen (secondary N) is 2. The number of hydrogen-bond donors (Lipinski definition) is 3. The zero-order valence-corrected chi connectivity index (χ0v) is 13.2. The van der Waals surface area contributed by atoms with Crippen LogP contribution in [-0.4, -0.2) is 22.3 Å². The first-order valence-corrected chi connectivity index (χ1v) is 7.11. The summed E-state index contributed by atoms with van der Waals surface area (Å²) < 4.78 is 0.996. The highest BCUT2D eigenvalue weighted by atomic mass is 79.9. The fraction of sp³-hybridized carbons (Fsp3) is 0.462. The molecule has 0 bridgehead atoms. The molecule has 0 saturated heterocycles. The zero-order chi connectivity index (χ0) is 13.7. The van der Waals surface area contributed by atoms with Crippen LogP contribution in [0.2, 0.25) is 0 Å². The number of aliphatic hydroxyl groups excluding tert-OH is 1. The molecule has 3 N–H and O–H groups in total. The zero-order valence-electron chi connectivity index (χ0n) is 10.8. The van der Waals surface area contributed by atoms with Crippen molar-refractivity contribution in [2.24, 2.45) is 0 Å². The Kier molecular flexibility index (Phi) is 6.05. The Balaban J connectivity index is 2.58. The van der Waals surface area contributed by atoms with Crippen molar-refractivity contribution in [3.63, 3.8) is 0 Å². The van der Waals surface area contributed by atoms with Gasteiger partial charge in [0.25, 0.3) is 0 Å². The summed E-state index contributed by atoms with van der Waals surface area (Å²) in [6.45, 7) is 5.94. The largest absolute Gasteiger partial charge is 0.386 e. The van der Waals surface area contributed by atoms with E-state index in [0.29, 0.717) is 5.11 Å².